The maximum absolute atomic E-state index is 11.9. The number of rotatable bonds is 3. The molecule has 18 heavy (non-hydrogen) atoms. The van der Waals surface area contributed by atoms with Crippen LogP contribution in [0, 0.1) is 5.41 Å². The van der Waals surface area contributed by atoms with E-state index < -0.39 is 15.3 Å². The van der Waals surface area contributed by atoms with Crippen molar-refractivity contribution in [2.45, 2.75) is 32.6 Å². The van der Waals surface area contributed by atoms with E-state index in [1.54, 1.807) is 45.9 Å². The van der Waals surface area contributed by atoms with E-state index >= 15 is 0 Å². The van der Waals surface area contributed by atoms with Crippen molar-refractivity contribution in [3.8, 4) is 0 Å². The number of amides is 1. The molecule has 0 aromatic heterocycles. The Bertz CT molecular complexity index is 542. The van der Waals surface area contributed by atoms with Gasteiger partial charge in [0.1, 0.15) is 0 Å². The number of sulfone groups is 1. The summed E-state index contributed by atoms with van der Waals surface area (Å²) in [6.07, 6.45) is 0. The third-order valence-electron chi connectivity index (χ3n) is 2.53. The molecule has 0 aliphatic heterocycles. The second-order valence-corrected chi connectivity index (χ2v) is 7.35. The quantitative estimate of drug-likeness (QED) is 0.916. The number of hydrogen-bond acceptors (Lipinski definition) is 3. The van der Waals surface area contributed by atoms with Crippen molar-refractivity contribution in [2.75, 3.05) is 11.1 Å². The number of carbonyl (C=O) groups excluding carboxylic acids is 1. The first kappa shape index (κ1) is 14.7. The summed E-state index contributed by atoms with van der Waals surface area (Å²) >= 11 is 0. The topological polar surface area (TPSA) is 63.2 Å². The van der Waals surface area contributed by atoms with Gasteiger partial charge in [0.2, 0.25) is 5.91 Å². The molecule has 0 unspecified atom stereocenters. The number of anilines is 1. The monoisotopic (exact) mass is 269 g/mol. The largest absolute Gasteiger partial charge is 0.324 e. The smallest absolute Gasteiger partial charge is 0.229 e. The predicted molar refractivity (Wildman–Crippen MR) is 72.3 cm³/mol. The van der Waals surface area contributed by atoms with Gasteiger partial charge in [-0.05, 0) is 12.1 Å². The second-order valence-electron chi connectivity index (χ2n) is 5.10. The van der Waals surface area contributed by atoms with Crippen LogP contribution in [-0.2, 0) is 14.6 Å². The molecule has 1 N–H and O–H groups in total. The Kier molecular flexibility index (Phi) is 4.16. The van der Waals surface area contributed by atoms with E-state index in [2.05, 4.69) is 5.32 Å². The van der Waals surface area contributed by atoms with Crippen LogP contribution >= 0.6 is 0 Å². The third kappa shape index (κ3) is 3.32. The summed E-state index contributed by atoms with van der Waals surface area (Å²) in [5.41, 5.74) is -0.220. The van der Waals surface area contributed by atoms with Gasteiger partial charge in [0.05, 0.1) is 16.3 Å². The lowest BCUT2D eigenvalue weighted by molar-refractivity contribution is -0.123. The molecule has 0 bridgehead atoms. The fourth-order valence-corrected chi connectivity index (χ4v) is 2.36. The summed E-state index contributed by atoms with van der Waals surface area (Å²) < 4.78 is 23.8. The van der Waals surface area contributed by atoms with Crippen LogP contribution in [0.3, 0.4) is 0 Å². The van der Waals surface area contributed by atoms with Gasteiger partial charge < -0.3 is 5.32 Å². The molecule has 0 heterocycles. The minimum absolute atomic E-state index is 0.00933. The lowest BCUT2D eigenvalue weighted by Gasteiger charge is -2.19. The number of nitrogens with one attached hydrogen (secondary N) is 1. The van der Waals surface area contributed by atoms with E-state index in [4.69, 9.17) is 0 Å². The van der Waals surface area contributed by atoms with Crippen molar-refractivity contribution in [3.05, 3.63) is 24.3 Å². The van der Waals surface area contributed by atoms with E-state index in [0.717, 1.165) is 0 Å². The SMILES string of the molecule is CCS(=O)(=O)c1ccccc1NC(=O)C(C)(C)C. The summed E-state index contributed by atoms with van der Waals surface area (Å²) in [6, 6.07) is 6.46. The Balaban J connectivity index is 3.16. The fourth-order valence-electron chi connectivity index (χ4n) is 1.31. The maximum Gasteiger partial charge on any atom is 0.229 e. The van der Waals surface area contributed by atoms with Crippen molar-refractivity contribution in [2.24, 2.45) is 5.41 Å². The maximum atomic E-state index is 11.9. The molecule has 0 aliphatic carbocycles. The van der Waals surface area contributed by atoms with Crippen LogP contribution in [0.5, 0.6) is 0 Å². The van der Waals surface area contributed by atoms with Gasteiger partial charge in [-0.15, -0.1) is 0 Å². The van der Waals surface area contributed by atoms with Gasteiger partial charge in [-0.1, -0.05) is 39.8 Å². The highest BCUT2D eigenvalue weighted by molar-refractivity contribution is 7.91. The van der Waals surface area contributed by atoms with Crippen LogP contribution in [0.2, 0.25) is 0 Å². The molecule has 0 spiro atoms. The number of benzene rings is 1. The van der Waals surface area contributed by atoms with Gasteiger partial charge >= 0.3 is 0 Å². The predicted octanol–water partition coefficient (Wildman–Crippen LogP) is 2.46. The standard InChI is InChI=1S/C13H19NO3S/c1-5-18(16,17)11-9-7-6-8-10(11)14-12(15)13(2,3)4/h6-9H,5H2,1-4H3,(H,14,15). The van der Waals surface area contributed by atoms with Crippen LogP contribution in [-0.4, -0.2) is 20.1 Å². The first-order valence-electron chi connectivity index (χ1n) is 5.81. The zero-order valence-corrected chi connectivity index (χ0v) is 12.0. The Morgan fingerprint density at radius 3 is 2.28 bits per heavy atom. The number of para-hydroxylation sites is 1. The molecule has 100 valence electrons. The summed E-state index contributed by atoms with van der Waals surface area (Å²) in [6.45, 7) is 6.91. The number of hydrogen-bond donors (Lipinski definition) is 1. The molecule has 0 fully saturated rings. The summed E-state index contributed by atoms with van der Waals surface area (Å²) in [4.78, 5) is 12.1. The molecule has 0 saturated heterocycles. The molecule has 0 atom stereocenters. The molecule has 0 aliphatic rings. The summed E-state index contributed by atoms with van der Waals surface area (Å²) in [5, 5.41) is 2.67. The zero-order chi connectivity index (χ0) is 14.0. The van der Waals surface area contributed by atoms with E-state index in [0.29, 0.717) is 5.69 Å². The van der Waals surface area contributed by atoms with E-state index in [1.165, 1.54) is 6.07 Å². The lowest BCUT2D eigenvalue weighted by Crippen LogP contribution is -2.28. The summed E-state index contributed by atoms with van der Waals surface area (Å²) in [7, 11) is -3.33. The first-order valence-corrected chi connectivity index (χ1v) is 7.47. The fraction of sp³-hybridized carbons (Fsp3) is 0.462. The van der Waals surface area contributed by atoms with Gasteiger partial charge in [0.15, 0.2) is 9.84 Å². The van der Waals surface area contributed by atoms with Crippen molar-refractivity contribution in [3.63, 3.8) is 0 Å². The Labute approximate surface area is 108 Å². The third-order valence-corrected chi connectivity index (χ3v) is 4.32. The van der Waals surface area contributed by atoms with Crippen molar-refractivity contribution in [1.82, 2.24) is 0 Å². The minimum atomic E-state index is -3.33. The zero-order valence-electron chi connectivity index (χ0n) is 11.1. The average molecular weight is 269 g/mol. The van der Waals surface area contributed by atoms with Crippen LogP contribution in [0.4, 0.5) is 5.69 Å². The van der Waals surface area contributed by atoms with Crippen LogP contribution < -0.4 is 5.32 Å². The molecular formula is C13H19NO3S. The van der Waals surface area contributed by atoms with Gasteiger partial charge in [-0.2, -0.15) is 0 Å². The van der Waals surface area contributed by atoms with Gasteiger partial charge in [0.25, 0.3) is 0 Å². The second kappa shape index (κ2) is 5.10. The molecule has 4 nitrogen and oxygen atoms in total. The molecule has 5 heteroatoms. The van der Waals surface area contributed by atoms with Gasteiger partial charge in [0, 0.05) is 5.41 Å². The van der Waals surface area contributed by atoms with Gasteiger partial charge in [-0.3, -0.25) is 4.79 Å². The Morgan fingerprint density at radius 1 is 1.22 bits per heavy atom. The molecule has 1 amide bonds. The normalized spacial score (nSPS) is 12.2. The van der Waals surface area contributed by atoms with Crippen molar-refractivity contribution < 1.29 is 13.2 Å². The first-order chi connectivity index (χ1) is 8.18. The van der Waals surface area contributed by atoms with E-state index in [9.17, 15) is 13.2 Å². The molecule has 1 rings (SSSR count). The highest BCUT2D eigenvalue weighted by atomic mass is 32.2. The molecule has 1 aromatic carbocycles. The molecular weight excluding hydrogens is 250 g/mol. The van der Waals surface area contributed by atoms with Crippen LogP contribution in [0.15, 0.2) is 29.2 Å². The average Bonchev–Trinajstić information content (AvgIpc) is 2.28. The molecule has 1 aromatic rings. The van der Waals surface area contributed by atoms with Crippen LogP contribution in [0.25, 0.3) is 0 Å². The van der Waals surface area contributed by atoms with Crippen LogP contribution in [0.1, 0.15) is 27.7 Å². The molecule has 0 radical (unpaired) electrons. The highest BCUT2D eigenvalue weighted by Crippen LogP contribution is 2.24. The minimum Gasteiger partial charge on any atom is -0.324 e. The van der Waals surface area contributed by atoms with E-state index in [-0.39, 0.29) is 16.6 Å². The van der Waals surface area contributed by atoms with Gasteiger partial charge in [-0.25, -0.2) is 8.42 Å². The Morgan fingerprint density at radius 2 is 1.78 bits per heavy atom. The summed E-state index contributed by atoms with van der Waals surface area (Å²) in [5.74, 6) is -0.198. The number of carbonyl (C=O) groups is 1. The van der Waals surface area contributed by atoms with Crippen molar-refractivity contribution in [1.29, 1.82) is 0 Å². The lowest BCUT2D eigenvalue weighted by atomic mass is 9.95. The van der Waals surface area contributed by atoms with Crippen molar-refractivity contribution >= 4 is 21.4 Å². The van der Waals surface area contributed by atoms with E-state index in [1.807, 2.05) is 0 Å². The Hall–Kier alpha value is -1.36. The molecule has 0 saturated carbocycles. The highest BCUT2D eigenvalue weighted by Gasteiger charge is 2.24.